The van der Waals surface area contributed by atoms with E-state index in [4.69, 9.17) is 26.8 Å². The highest BCUT2D eigenvalue weighted by atomic mass is 35.5. The average molecular weight is 272 g/mol. The third-order valence-electron chi connectivity index (χ3n) is 2.48. The number of rotatable bonds is 7. The van der Waals surface area contributed by atoms with Crippen LogP contribution in [0.3, 0.4) is 0 Å². The Morgan fingerprint density at radius 1 is 1.11 bits per heavy atom. The molecule has 2 N–H and O–H groups in total. The molecule has 0 spiro atoms. The van der Waals surface area contributed by atoms with E-state index in [1.54, 1.807) is 6.07 Å². The zero-order valence-corrected chi connectivity index (χ0v) is 12.1. The van der Waals surface area contributed by atoms with Crippen LogP contribution in [-0.2, 0) is 0 Å². The molecule has 0 radical (unpaired) electrons. The molecular weight excluding hydrogens is 250 g/mol. The first-order valence-corrected chi connectivity index (χ1v) is 6.82. The fourth-order valence-corrected chi connectivity index (χ4v) is 1.88. The molecule has 0 saturated heterocycles. The van der Waals surface area contributed by atoms with Gasteiger partial charge in [-0.15, -0.1) is 0 Å². The first-order chi connectivity index (χ1) is 8.60. The van der Waals surface area contributed by atoms with Crippen molar-refractivity contribution in [2.24, 2.45) is 5.73 Å². The summed E-state index contributed by atoms with van der Waals surface area (Å²) in [6, 6.07) is 3.55. The summed E-state index contributed by atoms with van der Waals surface area (Å²) in [6.07, 6.45) is 1.89. The first kappa shape index (κ1) is 15.1. The second-order valence-electron chi connectivity index (χ2n) is 4.31. The van der Waals surface area contributed by atoms with Gasteiger partial charge >= 0.3 is 0 Å². The summed E-state index contributed by atoms with van der Waals surface area (Å²) in [5, 5.41) is 0.625. The minimum absolute atomic E-state index is 0.123. The Kier molecular flexibility index (Phi) is 6.30. The molecule has 0 heterocycles. The molecule has 1 atom stereocenters. The zero-order chi connectivity index (χ0) is 13.5. The Bertz CT molecular complexity index is 380. The number of ether oxygens (including phenoxy) is 2. The topological polar surface area (TPSA) is 44.5 Å². The zero-order valence-electron chi connectivity index (χ0n) is 11.3. The quantitative estimate of drug-likeness (QED) is 0.817. The summed E-state index contributed by atoms with van der Waals surface area (Å²) < 4.78 is 11.3. The van der Waals surface area contributed by atoms with Gasteiger partial charge in [-0.25, -0.2) is 0 Å². The van der Waals surface area contributed by atoms with Gasteiger partial charge in [0.15, 0.2) is 11.5 Å². The minimum atomic E-state index is -0.123. The number of hydrogen-bond acceptors (Lipinski definition) is 3. The van der Waals surface area contributed by atoms with E-state index in [1.807, 2.05) is 13.0 Å². The molecule has 1 aromatic carbocycles. The maximum atomic E-state index is 6.19. The van der Waals surface area contributed by atoms with E-state index in [0.717, 1.165) is 24.2 Å². The second-order valence-corrected chi connectivity index (χ2v) is 4.71. The summed E-state index contributed by atoms with van der Waals surface area (Å²) in [5.41, 5.74) is 6.76. The van der Waals surface area contributed by atoms with Crippen LogP contribution in [0.4, 0.5) is 0 Å². The van der Waals surface area contributed by atoms with Gasteiger partial charge in [0, 0.05) is 17.1 Å². The van der Waals surface area contributed by atoms with Gasteiger partial charge in [-0.05, 0) is 31.4 Å². The number of hydrogen-bond donors (Lipinski definition) is 1. The molecule has 1 aromatic rings. The van der Waals surface area contributed by atoms with Crippen molar-refractivity contribution in [2.45, 2.75) is 39.7 Å². The van der Waals surface area contributed by atoms with Crippen LogP contribution in [0, 0.1) is 0 Å². The fraction of sp³-hybridized carbons (Fsp3) is 0.571. The van der Waals surface area contributed by atoms with Gasteiger partial charge in [0.25, 0.3) is 0 Å². The molecule has 18 heavy (non-hydrogen) atoms. The highest BCUT2D eigenvalue weighted by Crippen LogP contribution is 2.35. The van der Waals surface area contributed by atoms with Crippen molar-refractivity contribution in [3.05, 3.63) is 22.7 Å². The van der Waals surface area contributed by atoms with E-state index in [-0.39, 0.29) is 6.04 Å². The second kappa shape index (κ2) is 7.49. The summed E-state index contributed by atoms with van der Waals surface area (Å²) in [4.78, 5) is 0. The van der Waals surface area contributed by atoms with Gasteiger partial charge in [-0.2, -0.15) is 0 Å². The van der Waals surface area contributed by atoms with Crippen molar-refractivity contribution >= 4 is 11.6 Å². The van der Waals surface area contributed by atoms with Crippen molar-refractivity contribution in [3.63, 3.8) is 0 Å². The Morgan fingerprint density at radius 2 is 1.61 bits per heavy atom. The molecule has 3 nitrogen and oxygen atoms in total. The molecule has 102 valence electrons. The van der Waals surface area contributed by atoms with Crippen LogP contribution in [0.15, 0.2) is 12.1 Å². The molecule has 0 amide bonds. The van der Waals surface area contributed by atoms with Crippen LogP contribution < -0.4 is 15.2 Å². The highest BCUT2D eigenvalue weighted by molar-refractivity contribution is 6.31. The van der Waals surface area contributed by atoms with E-state index in [1.165, 1.54) is 0 Å². The maximum Gasteiger partial charge on any atom is 0.162 e. The lowest BCUT2D eigenvalue weighted by molar-refractivity contribution is 0.268. The third kappa shape index (κ3) is 4.07. The van der Waals surface area contributed by atoms with Crippen LogP contribution in [0.25, 0.3) is 0 Å². The van der Waals surface area contributed by atoms with Crippen molar-refractivity contribution < 1.29 is 9.47 Å². The standard InChI is InChI=1S/C14H22ClNO2/c1-4-6-17-13-8-11(10(3)16)12(15)9-14(13)18-7-5-2/h8-10H,4-7,16H2,1-3H3. The molecule has 0 aromatic heterocycles. The number of benzene rings is 1. The molecule has 0 aliphatic carbocycles. The molecule has 0 aliphatic rings. The lowest BCUT2D eigenvalue weighted by Gasteiger charge is -2.16. The van der Waals surface area contributed by atoms with E-state index < -0.39 is 0 Å². The summed E-state index contributed by atoms with van der Waals surface area (Å²) in [7, 11) is 0. The van der Waals surface area contributed by atoms with Crippen LogP contribution in [0.2, 0.25) is 5.02 Å². The Morgan fingerprint density at radius 3 is 2.06 bits per heavy atom. The van der Waals surface area contributed by atoms with Crippen molar-refractivity contribution in [2.75, 3.05) is 13.2 Å². The maximum absolute atomic E-state index is 6.19. The molecule has 0 bridgehead atoms. The van der Waals surface area contributed by atoms with Gasteiger partial charge in [-0.3, -0.25) is 0 Å². The molecule has 0 aliphatic heterocycles. The SMILES string of the molecule is CCCOc1cc(Cl)c(C(C)N)cc1OCCC. The van der Waals surface area contributed by atoms with Crippen LogP contribution in [0.5, 0.6) is 11.5 Å². The van der Waals surface area contributed by atoms with Crippen molar-refractivity contribution in [1.82, 2.24) is 0 Å². The lowest BCUT2D eigenvalue weighted by atomic mass is 10.1. The van der Waals surface area contributed by atoms with Crippen molar-refractivity contribution in [3.8, 4) is 11.5 Å². The van der Waals surface area contributed by atoms with E-state index >= 15 is 0 Å². The van der Waals surface area contributed by atoms with Gasteiger partial charge in [0.05, 0.1) is 13.2 Å². The number of nitrogens with two attached hydrogens (primary N) is 1. The molecule has 0 saturated carbocycles. The molecule has 1 rings (SSSR count). The predicted molar refractivity (Wildman–Crippen MR) is 75.6 cm³/mol. The summed E-state index contributed by atoms with van der Waals surface area (Å²) in [5.74, 6) is 1.42. The Labute approximate surface area is 114 Å². The van der Waals surface area contributed by atoms with E-state index in [0.29, 0.717) is 24.0 Å². The van der Waals surface area contributed by atoms with Crippen molar-refractivity contribution in [1.29, 1.82) is 0 Å². The predicted octanol–water partition coefficient (Wildman–Crippen LogP) is 3.94. The fourth-order valence-electron chi connectivity index (χ4n) is 1.55. The Balaban J connectivity index is 3.02. The van der Waals surface area contributed by atoms with Crippen LogP contribution >= 0.6 is 11.6 Å². The largest absolute Gasteiger partial charge is 0.490 e. The third-order valence-corrected chi connectivity index (χ3v) is 2.80. The van der Waals surface area contributed by atoms with Gasteiger partial charge < -0.3 is 15.2 Å². The van der Waals surface area contributed by atoms with E-state index in [2.05, 4.69) is 13.8 Å². The monoisotopic (exact) mass is 271 g/mol. The summed E-state index contributed by atoms with van der Waals surface area (Å²) >= 11 is 6.19. The number of halogens is 1. The van der Waals surface area contributed by atoms with Gasteiger partial charge in [0.2, 0.25) is 0 Å². The normalized spacial score (nSPS) is 12.3. The smallest absolute Gasteiger partial charge is 0.162 e. The van der Waals surface area contributed by atoms with Crippen LogP contribution in [-0.4, -0.2) is 13.2 Å². The molecule has 0 fully saturated rings. The average Bonchev–Trinajstić information content (AvgIpc) is 2.34. The highest BCUT2D eigenvalue weighted by Gasteiger charge is 2.13. The van der Waals surface area contributed by atoms with E-state index in [9.17, 15) is 0 Å². The summed E-state index contributed by atoms with van der Waals surface area (Å²) in [6.45, 7) is 7.33. The van der Waals surface area contributed by atoms with Crippen LogP contribution in [0.1, 0.15) is 45.2 Å². The van der Waals surface area contributed by atoms with Gasteiger partial charge in [0.1, 0.15) is 0 Å². The Hall–Kier alpha value is -0.930. The molecule has 1 unspecified atom stereocenters. The minimum Gasteiger partial charge on any atom is -0.490 e. The van der Waals surface area contributed by atoms with Gasteiger partial charge in [-0.1, -0.05) is 25.4 Å². The molecule has 4 heteroatoms. The lowest BCUT2D eigenvalue weighted by Crippen LogP contribution is -2.08. The molecular formula is C14H22ClNO2. The first-order valence-electron chi connectivity index (χ1n) is 6.44.